The highest BCUT2D eigenvalue weighted by Crippen LogP contribution is 2.38. The third kappa shape index (κ3) is 5.95. The summed E-state index contributed by atoms with van der Waals surface area (Å²) < 4.78 is 16.4. The summed E-state index contributed by atoms with van der Waals surface area (Å²) in [5.41, 5.74) is 1.88. The van der Waals surface area contributed by atoms with Crippen LogP contribution in [0.2, 0.25) is 0 Å². The summed E-state index contributed by atoms with van der Waals surface area (Å²) in [4.78, 5) is 0.981. The van der Waals surface area contributed by atoms with E-state index in [1.165, 1.54) is 0 Å². The van der Waals surface area contributed by atoms with Gasteiger partial charge in [-0.25, -0.2) is 0 Å². The van der Waals surface area contributed by atoms with Crippen molar-refractivity contribution in [3.05, 3.63) is 46.9 Å². The molecule has 1 aliphatic heterocycles. The van der Waals surface area contributed by atoms with Gasteiger partial charge in [0.1, 0.15) is 0 Å². The Labute approximate surface area is 165 Å². The lowest BCUT2D eigenvalue weighted by Crippen LogP contribution is -2.14. The van der Waals surface area contributed by atoms with Crippen molar-refractivity contribution in [2.45, 2.75) is 38.4 Å². The van der Waals surface area contributed by atoms with E-state index in [1.54, 1.807) is 18.9 Å². The highest BCUT2D eigenvalue weighted by Gasteiger charge is 2.22. The van der Waals surface area contributed by atoms with E-state index in [0.717, 1.165) is 40.4 Å². The minimum absolute atomic E-state index is 0.203. The van der Waals surface area contributed by atoms with Crippen LogP contribution in [0.25, 0.3) is 0 Å². The highest BCUT2D eigenvalue weighted by atomic mass is 35.5. The quantitative estimate of drug-likeness (QED) is 0.426. The fraction of sp³-hybridized carbons (Fsp3) is 0.500. The van der Waals surface area contributed by atoms with Gasteiger partial charge in [-0.1, -0.05) is 25.7 Å². The van der Waals surface area contributed by atoms with E-state index < -0.39 is 6.10 Å². The summed E-state index contributed by atoms with van der Waals surface area (Å²) in [6.45, 7) is 6.29. The zero-order valence-corrected chi connectivity index (χ0v) is 16.9. The number of rotatable bonds is 11. The molecule has 0 spiro atoms. The van der Waals surface area contributed by atoms with Crippen LogP contribution in [-0.2, 0) is 11.2 Å². The molecule has 6 heteroatoms. The Kier molecular flexibility index (Phi) is 8.85. The maximum Gasteiger partial charge on any atom is 0.231 e. The lowest BCUT2D eigenvalue weighted by molar-refractivity contribution is 0.0713. The van der Waals surface area contributed by atoms with Crippen molar-refractivity contribution in [3.63, 3.8) is 0 Å². The van der Waals surface area contributed by atoms with Crippen molar-refractivity contribution in [1.29, 1.82) is 0 Å². The molecule has 2 rings (SSSR count). The molecular formula is C20H27ClO4S. The van der Waals surface area contributed by atoms with Crippen molar-refractivity contribution in [2.75, 3.05) is 25.5 Å². The minimum atomic E-state index is -0.670. The smallest absolute Gasteiger partial charge is 0.231 e. The van der Waals surface area contributed by atoms with Gasteiger partial charge in [-0.05, 0) is 46.8 Å². The molecule has 0 saturated carbocycles. The number of hydrogen-bond acceptors (Lipinski definition) is 5. The second-order valence-corrected chi connectivity index (χ2v) is 7.75. The van der Waals surface area contributed by atoms with Gasteiger partial charge in [0.05, 0.1) is 12.2 Å². The normalized spacial score (nSPS) is 15.4. The first kappa shape index (κ1) is 21.2. The summed E-state index contributed by atoms with van der Waals surface area (Å²) in [5, 5.41) is 10.8. The summed E-state index contributed by atoms with van der Waals surface area (Å²) in [7, 11) is 1.64. The fourth-order valence-corrected chi connectivity index (χ4v) is 3.51. The van der Waals surface area contributed by atoms with E-state index in [0.29, 0.717) is 18.1 Å². The van der Waals surface area contributed by atoms with Crippen LogP contribution in [0.5, 0.6) is 11.5 Å². The first-order valence-corrected chi connectivity index (χ1v) is 10.3. The molecule has 26 heavy (non-hydrogen) atoms. The molecule has 2 atom stereocenters. The number of aryl methyl sites for hydroxylation is 1. The average molecular weight is 399 g/mol. The molecular weight excluding hydrogens is 372 g/mol. The number of ether oxygens (including phenoxy) is 3. The van der Waals surface area contributed by atoms with E-state index in [4.69, 9.17) is 25.8 Å². The Morgan fingerprint density at radius 2 is 2.15 bits per heavy atom. The van der Waals surface area contributed by atoms with Crippen molar-refractivity contribution < 1.29 is 19.3 Å². The Bertz CT molecular complexity index is 632. The van der Waals surface area contributed by atoms with E-state index in [1.807, 2.05) is 24.3 Å². The van der Waals surface area contributed by atoms with Crippen LogP contribution in [0.15, 0.2) is 35.8 Å². The Morgan fingerprint density at radius 3 is 2.81 bits per heavy atom. The second kappa shape index (κ2) is 10.9. The Balaban J connectivity index is 2.13. The van der Waals surface area contributed by atoms with Gasteiger partial charge >= 0.3 is 0 Å². The molecule has 0 aromatic heterocycles. The van der Waals surface area contributed by atoms with Crippen molar-refractivity contribution in [3.8, 4) is 11.5 Å². The van der Waals surface area contributed by atoms with E-state index in [9.17, 15) is 5.11 Å². The molecule has 4 nitrogen and oxygen atoms in total. The number of allylic oxidation sites excluding steroid dienone is 1. The number of alkyl halides is 1. The number of thioether (sulfide) groups is 1. The molecule has 1 aliphatic rings. The zero-order valence-electron chi connectivity index (χ0n) is 15.4. The number of methoxy groups -OCH3 is 1. The predicted molar refractivity (Wildman–Crippen MR) is 108 cm³/mol. The second-order valence-electron chi connectivity index (χ2n) is 5.98. The molecule has 0 aliphatic carbocycles. The van der Waals surface area contributed by atoms with Gasteiger partial charge in [0.2, 0.25) is 6.79 Å². The molecule has 1 heterocycles. The largest absolute Gasteiger partial charge is 0.454 e. The van der Waals surface area contributed by atoms with Gasteiger partial charge in [-0.3, -0.25) is 0 Å². The Hall–Kier alpha value is -1.14. The number of fused-ring (bicyclic) bond motifs is 1. The standard InChI is InChI=1S/C20H27ClO4S/c1-4-26-14(2)7-8-16(23-3)11-18(22)17-12-20-19(24-13-25-20)10-15(17)6-5-9-21/h7-8,10,12,16,18,22H,2,4-6,9,11,13H2,1,3H3/b8-7-. The van der Waals surface area contributed by atoms with Crippen LogP contribution in [-0.4, -0.2) is 36.7 Å². The minimum Gasteiger partial charge on any atom is -0.454 e. The maximum absolute atomic E-state index is 10.8. The van der Waals surface area contributed by atoms with Gasteiger partial charge in [-0.15, -0.1) is 23.4 Å². The lowest BCUT2D eigenvalue weighted by Gasteiger charge is -2.20. The number of aliphatic hydroxyl groups is 1. The van der Waals surface area contributed by atoms with Gasteiger partial charge < -0.3 is 19.3 Å². The van der Waals surface area contributed by atoms with Crippen LogP contribution in [0.3, 0.4) is 0 Å². The van der Waals surface area contributed by atoms with E-state index >= 15 is 0 Å². The summed E-state index contributed by atoms with van der Waals surface area (Å²) in [6.07, 6.45) is 5.09. The van der Waals surface area contributed by atoms with Crippen LogP contribution in [0.4, 0.5) is 0 Å². The van der Waals surface area contributed by atoms with Crippen molar-refractivity contribution in [2.24, 2.45) is 0 Å². The number of hydrogen-bond donors (Lipinski definition) is 1. The zero-order chi connectivity index (χ0) is 18.9. The highest BCUT2D eigenvalue weighted by molar-refractivity contribution is 8.03. The van der Waals surface area contributed by atoms with E-state index in [-0.39, 0.29) is 12.9 Å². The predicted octanol–water partition coefficient (Wildman–Crippen LogP) is 4.85. The van der Waals surface area contributed by atoms with Gasteiger partial charge in [0.25, 0.3) is 0 Å². The fourth-order valence-electron chi connectivity index (χ4n) is 2.83. The van der Waals surface area contributed by atoms with Crippen LogP contribution >= 0.6 is 23.4 Å². The van der Waals surface area contributed by atoms with Gasteiger partial charge in [-0.2, -0.15) is 0 Å². The number of halogens is 1. The number of aliphatic hydroxyl groups excluding tert-OH is 1. The van der Waals surface area contributed by atoms with Gasteiger partial charge in [0.15, 0.2) is 11.5 Å². The van der Waals surface area contributed by atoms with E-state index in [2.05, 4.69) is 13.5 Å². The first-order chi connectivity index (χ1) is 12.6. The molecule has 0 fully saturated rings. The first-order valence-electron chi connectivity index (χ1n) is 8.78. The van der Waals surface area contributed by atoms with Crippen LogP contribution < -0.4 is 9.47 Å². The monoisotopic (exact) mass is 398 g/mol. The lowest BCUT2D eigenvalue weighted by atomic mass is 9.94. The third-order valence-electron chi connectivity index (χ3n) is 4.16. The van der Waals surface area contributed by atoms with Crippen LogP contribution in [0.1, 0.15) is 37.0 Å². The molecule has 0 radical (unpaired) electrons. The number of benzene rings is 1. The molecule has 0 bridgehead atoms. The SMILES string of the molecule is C=C(/C=C\C(CC(O)c1cc2c(cc1CCCCl)OCO2)OC)SCC. The Morgan fingerprint density at radius 1 is 1.42 bits per heavy atom. The molecule has 1 aromatic carbocycles. The molecule has 0 amide bonds. The topological polar surface area (TPSA) is 47.9 Å². The molecule has 144 valence electrons. The maximum atomic E-state index is 10.8. The molecule has 1 N–H and O–H groups in total. The molecule has 0 saturated heterocycles. The molecule has 1 aromatic rings. The van der Waals surface area contributed by atoms with Crippen molar-refractivity contribution >= 4 is 23.4 Å². The van der Waals surface area contributed by atoms with Crippen molar-refractivity contribution in [1.82, 2.24) is 0 Å². The van der Waals surface area contributed by atoms with Crippen LogP contribution in [0, 0.1) is 0 Å². The summed E-state index contributed by atoms with van der Waals surface area (Å²) in [6, 6.07) is 3.82. The summed E-state index contributed by atoms with van der Waals surface area (Å²) in [5.74, 6) is 2.95. The van der Waals surface area contributed by atoms with Gasteiger partial charge in [0, 0.05) is 19.4 Å². The average Bonchev–Trinajstić information content (AvgIpc) is 3.10. The third-order valence-corrected chi connectivity index (χ3v) is 5.22. The molecule has 2 unspecified atom stereocenters. The summed E-state index contributed by atoms with van der Waals surface area (Å²) >= 11 is 7.53.